The molecule has 1 N–H and O–H groups in total. The lowest BCUT2D eigenvalue weighted by atomic mass is 10.2. The molecule has 0 bridgehead atoms. The average Bonchev–Trinajstić information content (AvgIpc) is 2.90. The molecule has 2 rings (SSSR count). The molecular weight excluding hydrogens is 280 g/mol. The molecule has 0 aliphatic carbocycles. The molecule has 2 heterocycles. The van der Waals surface area contributed by atoms with Crippen LogP contribution < -0.4 is 5.32 Å². The normalized spacial score (nSPS) is 11.1. The molecule has 8 heteroatoms. The minimum absolute atomic E-state index is 0.0855. The summed E-state index contributed by atoms with van der Waals surface area (Å²) >= 11 is 0. The van der Waals surface area contributed by atoms with Gasteiger partial charge in [0, 0.05) is 31.0 Å². The molecule has 21 heavy (non-hydrogen) atoms. The van der Waals surface area contributed by atoms with Gasteiger partial charge in [-0.3, -0.25) is 14.2 Å². The van der Waals surface area contributed by atoms with E-state index >= 15 is 0 Å². The molecule has 0 radical (unpaired) electrons. The first-order chi connectivity index (χ1) is 9.86. The van der Waals surface area contributed by atoms with Gasteiger partial charge in [0.15, 0.2) is 0 Å². The molecule has 0 saturated carbocycles. The molecule has 0 saturated heterocycles. The number of halogens is 2. The first kappa shape index (κ1) is 15.1. The van der Waals surface area contributed by atoms with Crippen LogP contribution >= 0.6 is 0 Å². The van der Waals surface area contributed by atoms with Crippen molar-refractivity contribution in [3.8, 4) is 0 Å². The fourth-order valence-electron chi connectivity index (χ4n) is 2.01. The van der Waals surface area contributed by atoms with Crippen molar-refractivity contribution in [1.82, 2.24) is 24.9 Å². The predicted molar refractivity (Wildman–Crippen MR) is 71.7 cm³/mol. The van der Waals surface area contributed by atoms with Crippen molar-refractivity contribution < 1.29 is 13.6 Å². The summed E-state index contributed by atoms with van der Waals surface area (Å²) in [6.45, 7) is 3.75. The van der Waals surface area contributed by atoms with Crippen LogP contribution in [0.4, 0.5) is 8.78 Å². The Morgan fingerprint density at radius 1 is 1.38 bits per heavy atom. The van der Waals surface area contributed by atoms with Crippen LogP contribution in [0, 0.1) is 13.8 Å². The molecular formula is C13H17F2N5O. The lowest BCUT2D eigenvalue weighted by Crippen LogP contribution is -2.28. The van der Waals surface area contributed by atoms with Crippen molar-refractivity contribution in [2.24, 2.45) is 7.05 Å². The van der Waals surface area contributed by atoms with Crippen molar-refractivity contribution >= 4 is 5.91 Å². The van der Waals surface area contributed by atoms with Crippen LogP contribution in [-0.4, -0.2) is 25.5 Å². The van der Waals surface area contributed by atoms with Gasteiger partial charge < -0.3 is 5.32 Å². The Morgan fingerprint density at radius 3 is 2.62 bits per heavy atom. The maximum absolute atomic E-state index is 12.5. The summed E-state index contributed by atoms with van der Waals surface area (Å²) in [6, 6.07) is 1.28. The van der Waals surface area contributed by atoms with E-state index in [-0.39, 0.29) is 18.1 Å². The summed E-state index contributed by atoms with van der Waals surface area (Å²) in [4.78, 5) is 11.8. The van der Waals surface area contributed by atoms with E-state index < -0.39 is 6.43 Å². The Kier molecular flexibility index (Phi) is 4.35. The lowest BCUT2D eigenvalue weighted by molar-refractivity contribution is -0.122. The summed E-state index contributed by atoms with van der Waals surface area (Å²) < 4.78 is 28.0. The van der Waals surface area contributed by atoms with Gasteiger partial charge in [0.2, 0.25) is 5.91 Å². The Balaban J connectivity index is 1.94. The molecule has 0 aromatic carbocycles. The van der Waals surface area contributed by atoms with Crippen LogP contribution in [0.15, 0.2) is 12.3 Å². The first-order valence-corrected chi connectivity index (χ1v) is 6.45. The smallest absolute Gasteiger partial charge is 0.282 e. The van der Waals surface area contributed by atoms with E-state index in [1.807, 2.05) is 13.1 Å². The highest BCUT2D eigenvalue weighted by Crippen LogP contribution is 2.17. The summed E-state index contributed by atoms with van der Waals surface area (Å²) in [5.41, 5.74) is 1.96. The number of aromatic nitrogens is 4. The van der Waals surface area contributed by atoms with Crippen molar-refractivity contribution in [1.29, 1.82) is 0 Å². The predicted octanol–water partition coefficient (Wildman–Crippen LogP) is 1.49. The highest BCUT2D eigenvalue weighted by Gasteiger charge is 2.15. The fourth-order valence-corrected chi connectivity index (χ4v) is 2.01. The SMILES string of the molecule is Cc1nn(C)cc1CNC(=O)Cn1nc(C(F)F)cc1C. The summed E-state index contributed by atoms with van der Waals surface area (Å²) in [5, 5.41) is 10.6. The van der Waals surface area contributed by atoms with Gasteiger partial charge in [-0.15, -0.1) is 0 Å². The molecule has 2 aromatic rings. The second-order valence-corrected chi connectivity index (χ2v) is 4.86. The minimum atomic E-state index is -2.63. The zero-order chi connectivity index (χ0) is 15.6. The molecule has 0 atom stereocenters. The van der Waals surface area contributed by atoms with Crippen molar-refractivity contribution in [2.75, 3.05) is 0 Å². The molecule has 0 spiro atoms. The van der Waals surface area contributed by atoms with Gasteiger partial charge in [0.1, 0.15) is 12.2 Å². The van der Waals surface area contributed by atoms with Crippen molar-refractivity contribution in [3.05, 3.63) is 34.9 Å². The Hall–Kier alpha value is -2.25. The van der Waals surface area contributed by atoms with Gasteiger partial charge in [0.25, 0.3) is 6.43 Å². The molecule has 0 fully saturated rings. The third-order valence-corrected chi connectivity index (χ3v) is 3.11. The number of amides is 1. The second-order valence-electron chi connectivity index (χ2n) is 4.86. The number of carbonyl (C=O) groups excluding carboxylic acids is 1. The zero-order valence-corrected chi connectivity index (χ0v) is 12.1. The van der Waals surface area contributed by atoms with Gasteiger partial charge in [-0.05, 0) is 19.9 Å². The van der Waals surface area contributed by atoms with E-state index in [1.54, 1.807) is 18.7 Å². The monoisotopic (exact) mass is 297 g/mol. The number of rotatable bonds is 5. The molecule has 2 aromatic heterocycles. The maximum atomic E-state index is 12.5. The van der Waals surface area contributed by atoms with Gasteiger partial charge in [-0.25, -0.2) is 8.78 Å². The van der Waals surface area contributed by atoms with Gasteiger partial charge >= 0.3 is 0 Å². The molecule has 1 amide bonds. The number of aryl methyl sites for hydroxylation is 3. The van der Waals surface area contributed by atoms with Crippen molar-refractivity contribution in [3.63, 3.8) is 0 Å². The molecule has 0 aliphatic rings. The number of nitrogens with zero attached hydrogens (tertiary/aromatic N) is 4. The van der Waals surface area contributed by atoms with E-state index in [0.29, 0.717) is 12.2 Å². The van der Waals surface area contributed by atoms with Crippen LogP contribution in [0.3, 0.4) is 0 Å². The van der Waals surface area contributed by atoms with Crippen LogP contribution in [0.1, 0.15) is 29.1 Å². The van der Waals surface area contributed by atoms with E-state index in [1.165, 1.54) is 10.7 Å². The number of nitrogens with one attached hydrogen (secondary N) is 1. The van der Waals surface area contributed by atoms with Crippen LogP contribution in [0.25, 0.3) is 0 Å². The van der Waals surface area contributed by atoms with Crippen molar-refractivity contribution in [2.45, 2.75) is 33.4 Å². The summed E-state index contributed by atoms with van der Waals surface area (Å²) in [6.07, 6.45) is -0.810. The molecule has 114 valence electrons. The zero-order valence-electron chi connectivity index (χ0n) is 12.1. The number of carbonyl (C=O) groups is 1. The molecule has 6 nitrogen and oxygen atoms in total. The van der Waals surface area contributed by atoms with E-state index in [9.17, 15) is 13.6 Å². The van der Waals surface area contributed by atoms with Crippen LogP contribution in [0.5, 0.6) is 0 Å². The second kappa shape index (κ2) is 6.02. The number of alkyl halides is 2. The Bertz CT molecular complexity index is 647. The maximum Gasteiger partial charge on any atom is 0.282 e. The third kappa shape index (κ3) is 3.65. The summed E-state index contributed by atoms with van der Waals surface area (Å²) in [7, 11) is 1.80. The topological polar surface area (TPSA) is 64.7 Å². The summed E-state index contributed by atoms with van der Waals surface area (Å²) in [5.74, 6) is -0.287. The quantitative estimate of drug-likeness (QED) is 0.909. The standard InChI is InChI=1S/C13H17F2N5O/c1-8-4-11(13(14)15)18-20(8)7-12(21)16-5-10-6-19(3)17-9(10)2/h4,6,13H,5,7H2,1-3H3,(H,16,21). The Morgan fingerprint density at radius 2 is 2.10 bits per heavy atom. The molecule has 0 unspecified atom stereocenters. The lowest BCUT2D eigenvalue weighted by Gasteiger charge is -2.06. The molecule has 0 aliphatic heterocycles. The Labute approximate surface area is 120 Å². The van der Waals surface area contributed by atoms with Crippen LogP contribution in [-0.2, 0) is 24.9 Å². The third-order valence-electron chi connectivity index (χ3n) is 3.11. The highest BCUT2D eigenvalue weighted by atomic mass is 19.3. The van der Waals surface area contributed by atoms with Crippen LogP contribution in [0.2, 0.25) is 0 Å². The first-order valence-electron chi connectivity index (χ1n) is 6.45. The average molecular weight is 297 g/mol. The number of hydrogen-bond acceptors (Lipinski definition) is 3. The van der Waals surface area contributed by atoms with E-state index in [0.717, 1.165) is 11.3 Å². The van der Waals surface area contributed by atoms with E-state index in [4.69, 9.17) is 0 Å². The van der Waals surface area contributed by atoms with Gasteiger partial charge in [0.05, 0.1) is 5.69 Å². The minimum Gasteiger partial charge on any atom is -0.350 e. The van der Waals surface area contributed by atoms with E-state index in [2.05, 4.69) is 15.5 Å². The fraction of sp³-hybridized carbons (Fsp3) is 0.462. The number of hydrogen-bond donors (Lipinski definition) is 1. The van der Waals surface area contributed by atoms with Gasteiger partial charge in [-0.1, -0.05) is 0 Å². The van der Waals surface area contributed by atoms with Gasteiger partial charge in [-0.2, -0.15) is 10.2 Å². The highest BCUT2D eigenvalue weighted by molar-refractivity contribution is 5.75. The largest absolute Gasteiger partial charge is 0.350 e.